The Labute approximate surface area is 146 Å². The number of hydrogen-bond donors (Lipinski definition) is 0. The molecule has 2 aliphatic carbocycles. The van der Waals surface area contributed by atoms with E-state index in [2.05, 4.69) is 79.1 Å². The molecule has 0 nitrogen and oxygen atoms in total. The average Bonchev–Trinajstić information content (AvgIpc) is 2.67. The molecule has 0 fully saturated rings. The van der Waals surface area contributed by atoms with Gasteiger partial charge in [0.1, 0.15) is 0 Å². The van der Waals surface area contributed by atoms with Crippen molar-refractivity contribution < 1.29 is 0 Å². The normalized spacial score (nSPS) is 18.2. The molecule has 0 aromatic heterocycles. The first kappa shape index (κ1) is 16.6. The molecular formula is C24H26. The number of hydrogen-bond acceptors (Lipinski definition) is 0. The molecule has 0 heterocycles. The summed E-state index contributed by atoms with van der Waals surface area (Å²) in [5, 5.41) is 0. The van der Waals surface area contributed by atoms with Crippen molar-refractivity contribution in [1.29, 1.82) is 0 Å². The van der Waals surface area contributed by atoms with Crippen molar-refractivity contribution in [3.05, 3.63) is 95.0 Å². The van der Waals surface area contributed by atoms with E-state index in [-0.39, 0.29) is 0 Å². The Morgan fingerprint density at radius 3 is 2.71 bits per heavy atom. The van der Waals surface area contributed by atoms with Crippen molar-refractivity contribution in [2.75, 3.05) is 0 Å². The first-order valence-corrected chi connectivity index (χ1v) is 9.10. The van der Waals surface area contributed by atoms with E-state index in [9.17, 15) is 0 Å². The van der Waals surface area contributed by atoms with Gasteiger partial charge in [0.05, 0.1) is 0 Å². The van der Waals surface area contributed by atoms with Gasteiger partial charge in [-0.1, -0.05) is 78.6 Å². The minimum Gasteiger partial charge on any atom is -0.0842 e. The fourth-order valence-corrected chi connectivity index (χ4v) is 3.61. The van der Waals surface area contributed by atoms with E-state index < -0.39 is 0 Å². The minimum atomic E-state index is 0.523. The predicted molar refractivity (Wildman–Crippen MR) is 103 cm³/mol. The third-order valence-electron chi connectivity index (χ3n) is 5.04. The van der Waals surface area contributed by atoms with Gasteiger partial charge in [0, 0.05) is 5.57 Å². The molecule has 2 atom stereocenters. The molecule has 0 amide bonds. The molecule has 0 spiro atoms. The van der Waals surface area contributed by atoms with Gasteiger partial charge in [-0.2, -0.15) is 0 Å². The smallest absolute Gasteiger partial charge is 0.00524 e. The van der Waals surface area contributed by atoms with Gasteiger partial charge in [-0.3, -0.25) is 0 Å². The van der Waals surface area contributed by atoms with Crippen LogP contribution in [0.3, 0.4) is 0 Å². The lowest BCUT2D eigenvalue weighted by molar-refractivity contribution is 0.440. The Bertz CT molecular complexity index is 730. The van der Waals surface area contributed by atoms with Gasteiger partial charge in [-0.05, 0) is 61.7 Å². The summed E-state index contributed by atoms with van der Waals surface area (Å²) in [5.41, 5.74) is 10.8. The van der Waals surface area contributed by atoms with Crippen LogP contribution in [0.2, 0.25) is 0 Å². The number of aryl methyl sites for hydroxylation is 1. The van der Waals surface area contributed by atoms with Gasteiger partial charge in [-0.25, -0.2) is 0 Å². The quantitative estimate of drug-likeness (QED) is 0.515. The highest BCUT2D eigenvalue weighted by molar-refractivity contribution is 5.28. The molecular weight excluding hydrogens is 288 g/mol. The molecule has 122 valence electrons. The Morgan fingerprint density at radius 2 is 2.00 bits per heavy atom. The van der Waals surface area contributed by atoms with Crippen molar-refractivity contribution in [1.82, 2.24) is 0 Å². The first-order valence-electron chi connectivity index (χ1n) is 9.10. The van der Waals surface area contributed by atoms with E-state index in [0.717, 1.165) is 6.42 Å². The molecule has 0 radical (unpaired) electrons. The van der Waals surface area contributed by atoms with Crippen LogP contribution in [0.1, 0.15) is 38.2 Å². The second kappa shape index (κ2) is 8.55. The highest BCUT2D eigenvalue weighted by atomic mass is 14.2. The van der Waals surface area contributed by atoms with Crippen LogP contribution in [0.4, 0.5) is 0 Å². The second-order valence-electron chi connectivity index (χ2n) is 6.82. The molecule has 0 aliphatic heterocycles. The zero-order valence-electron chi connectivity index (χ0n) is 14.5. The van der Waals surface area contributed by atoms with Crippen molar-refractivity contribution in [3.63, 3.8) is 0 Å². The minimum absolute atomic E-state index is 0.523. The lowest BCUT2D eigenvalue weighted by Crippen LogP contribution is -2.13. The van der Waals surface area contributed by atoms with E-state index >= 15 is 0 Å². The second-order valence-corrected chi connectivity index (χ2v) is 6.82. The van der Waals surface area contributed by atoms with Crippen LogP contribution in [0.15, 0.2) is 89.4 Å². The zero-order valence-corrected chi connectivity index (χ0v) is 14.5. The first-order chi connectivity index (χ1) is 11.8. The molecule has 0 saturated heterocycles. The largest absolute Gasteiger partial charge is 0.0842 e. The summed E-state index contributed by atoms with van der Waals surface area (Å²) in [7, 11) is 0. The molecule has 24 heavy (non-hydrogen) atoms. The lowest BCUT2D eigenvalue weighted by atomic mass is 9.80. The van der Waals surface area contributed by atoms with Crippen LogP contribution in [0, 0.1) is 11.8 Å². The predicted octanol–water partition coefficient (Wildman–Crippen LogP) is 6.34. The van der Waals surface area contributed by atoms with Gasteiger partial charge < -0.3 is 0 Å². The molecule has 0 N–H and O–H groups in total. The van der Waals surface area contributed by atoms with E-state index in [1.165, 1.54) is 36.8 Å². The standard InChI is InChI=1S/C24H26/c1-20(22-13-7-3-8-14-22)19-24(23-15-9-4-10-16-23)18-17-21-11-5-2-6-12-21/h2-7,9,11-13,15,20,24H,10,16-19H2,1H3. The summed E-state index contributed by atoms with van der Waals surface area (Å²) in [6.45, 7) is 2.33. The third-order valence-corrected chi connectivity index (χ3v) is 5.04. The van der Waals surface area contributed by atoms with Gasteiger partial charge in [0.2, 0.25) is 0 Å². The van der Waals surface area contributed by atoms with Crippen LogP contribution >= 0.6 is 0 Å². The summed E-state index contributed by atoms with van der Waals surface area (Å²) in [5.74, 6) is 1.17. The fourth-order valence-electron chi connectivity index (χ4n) is 3.61. The van der Waals surface area contributed by atoms with Crippen molar-refractivity contribution >= 4 is 0 Å². The van der Waals surface area contributed by atoms with Crippen LogP contribution in [0.5, 0.6) is 0 Å². The van der Waals surface area contributed by atoms with E-state index in [1.54, 1.807) is 5.57 Å². The number of allylic oxidation sites excluding steroid dienone is 8. The van der Waals surface area contributed by atoms with E-state index in [1.807, 2.05) is 6.08 Å². The Kier molecular flexibility index (Phi) is 5.91. The summed E-state index contributed by atoms with van der Waals surface area (Å²) < 4.78 is 0. The summed E-state index contributed by atoms with van der Waals surface area (Å²) >= 11 is 0. The van der Waals surface area contributed by atoms with Gasteiger partial charge in [0.15, 0.2) is 0 Å². The van der Waals surface area contributed by atoms with Gasteiger partial charge >= 0.3 is 0 Å². The summed E-state index contributed by atoms with van der Waals surface area (Å²) in [6, 6.07) is 10.9. The Morgan fingerprint density at radius 1 is 1.12 bits per heavy atom. The molecule has 1 aromatic rings. The van der Waals surface area contributed by atoms with E-state index in [0.29, 0.717) is 11.8 Å². The third kappa shape index (κ3) is 4.62. The molecule has 2 aliphatic rings. The molecule has 0 heteroatoms. The summed E-state index contributed by atoms with van der Waals surface area (Å²) in [6.07, 6.45) is 19.0. The molecule has 0 saturated carbocycles. The van der Waals surface area contributed by atoms with Crippen LogP contribution < -0.4 is 0 Å². The Hall–Kier alpha value is -2.26. The maximum atomic E-state index is 3.29. The highest BCUT2D eigenvalue weighted by Crippen LogP contribution is 2.32. The summed E-state index contributed by atoms with van der Waals surface area (Å²) in [4.78, 5) is 0. The van der Waals surface area contributed by atoms with Crippen molar-refractivity contribution in [2.24, 2.45) is 11.8 Å². The van der Waals surface area contributed by atoms with E-state index in [4.69, 9.17) is 0 Å². The highest BCUT2D eigenvalue weighted by Gasteiger charge is 2.19. The monoisotopic (exact) mass is 314 g/mol. The Balaban J connectivity index is 1.71. The molecule has 0 bridgehead atoms. The fraction of sp³-hybridized carbons (Fsp3) is 0.333. The van der Waals surface area contributed by atoms with Gasteiger partial charge in [-0.15, -0.1) is 0 Å². The molecule has 3 rings (SSSR count). The lowest BCUT2D eigenvalue weighted by Gasteiger charge is -2.25. The average molecular weight is 314 g/mol. The maximum absolute atomic E-state index is 3.29. The number of benzene rings is 1. The topological polar surface area (TPSA) is 0 Å². The molecule has 1 aromatic carbocycles. The van der Waals surface area contributed by atoms with Crippen molar-refractivity contribution in [3.8, 4) is 0 Å². The van der Waals surface area contributed by atoms with Gasteiger partial charge in [0.25, 0.3) is 0 Å². The molecule has 2 unspecified atom stereocenters. The van der Waals surface area contributed by atoms with Crippen LogP contribution in [-0.4, -0.2) is 0 Å². The zero-order chi connectivity index (χ0) is 16.6. The SMILES string of the molecule is CC(CC(CCc1ccccc1)C1=CC=CCC1)C1=C=C=CC=C1. The number of rotatable bonds is 7. The van der Waals surface area contributed by atoms with Crippen molar-refractivity contribution in [2.45, 2.75) is 39.0 Å². The van der Waals surface area contributed by atoms with Crippen LogP contribution in [-0.2, 0) is 6.42 Å². The van der Waals surface area contributed by atoms with Crippen LogP contribution in [0.25, 0.3) is 0 Å². The maximum Gasteiger partial charge on any atom is 0.00524 e.